The molecule has 5 atom stereocenters. The standard InChI is InChI=1S/C18H12O2.2C16H14O2.C15H12O2.C14H10O2/c19-18-17(15-9-3-4-11-16(15)20-18)14-10-5-7-12-6-1-2-8-13(12)14;1-10-6-3-4-8-12(10)14-13-9-5-7-11(2)15(13)18-16(14)17;1-10-6-8-12(9-7-10)14-13-5-3-4-11(2)15(13)18-16(14)17;1-10-6-5-9-12-13(15(16)17-14(10)12)11-7-3-2-4-8-11;15-14-13(10-6-2-1-3-7-10)11-8-4-5-9-12(11)16-14/h1-11,17H;2*3-9,14H,1-2H3;2-9,13H,1H3;1-9,13H. The summed E-state index contributed by atoms with van der Waals surface area (Å²) in [5.74, 6) is 1.22. The molecule has 0 aliphatic carbocycles. The summed E-state index contributed by atoms with van der Waals surface area (Å²) in [6.45, 7) is 9.95. The number of benzene rings is 11. The van der Waals surface area contributed by atoms with Crippen molar-refractivity contribution in [1.29, 1.82) is 0 Å². The Morgan fingerprint density at radius 2 is 0.551 bits per heavy atom. The first-order valence-corrected chi connectivity index (χ1v) is 29.6. The fraction of sp³-hybridized carbons (Fsp3) is 0.127. The monoisotopic (exact) mass is 1170 g/mol. The zero-order valence-corrected chi connectivity index (χ0v) is 49.7. The highest BCUT2D eigenvalue weighted by Crippen LogP contribution is 2.45. The first-order valence-electron chi connectivity index (χ1n) is 29.6. The number of rotatable bonds is 5. The van der Waals surface area contributed by atoms with Crippen molar-refractivity contribution in [2.45, 2.75) is 64.2 Å². The van der Waals surface area contributed by atoms with Crippen LogP contribution in [-0.4, -0.2) is 29.8 Å². The minimum Gasteiger partial charge on any atom is -0.425 e. The number of hydrogen-bond donors (Lipinski definition) is 0. The first kappa shape index (κ1) is 58.4. The van der Waals surface area contributed by atoms with Crippen LogP contribution in [0.3, 0.4) is 0 Å². The highest BCUT2D eigenvalue weighted by molar-refractivity contribution is 5.97. The second-order valence-electron chi connectivity index (χ2n) is 22.5. The van der Waals surface area contributed by atoms with Gasteiger partial charge < -0.3 is 23.7 Å². The molecular weight excluding hydrogens is 1110 g/mol. The third kappa shape index (κ3) is 11.9. The summed E-state index contributed by atoms with van der Waals surface area (Å²) in [5.41, 5.74) is 15.2. The molecule has 438 valence electrons. The third-order valence-corrected chi connectivity index (χ3v) is 16.6. The van der Waals surface area contributed by atoms with Crippen LogP contribution in [0.4, 0.5) is 0 Å². The molecule has 0 bridgehead atoms. The Kier molecular flexibility index (Phi) is 16.8. The lowest BCUT2D eigenvalue weighted by molar-refractivity contribution is -0.134. The Hall–Kier alpha value is -11.0. The van der Waals surface area contributed by atoms with Crippen LogP contribution in [0.25, 0.3) is 10.8 Å². The summed E-state index contributed by atoms with van der Waals surface area (Å²) in [6, 6.07) is 82.6. The largest absolute Gasteiger partial charge is 0.425 e. The number of ether oxygens (including phenoxy) is 5. The number of hydrogen-bond acceptors (Lipinski definition) is 10. The van der Waals surface area contributed by atoms with Crippen molar-refractivity contribution in [2.24, 2.45) is 0 Å². The lowest BCUT2D eigenvalue weighted by Gasteiger charge is -2.11. The Balaban J connectivity index is 0.000000108. The summed E-state index contributed by atoms with van der Waals surface area (Å²) < 4.78 is 26.8. The van der Waals surface area contributed by atoms with Crippen LogP contribution in [-0.2, 0) is 24.0 Å². The predicted molar refractivity (Wildman–Crippen MR) is 343 cm³/mol. The van der Waals surface area contributed by atoms with Gasteiger partial charge in [0.15, 0.2) is 0 Å². The smallest absolute Gasteiger partial charge is 0.323 e. The van der Waals surface area contributed by atoms with Gasteiger partial charge in [-0.15, -0.1) is 0 Å². The van der Waals surface area contributed by atoms with E-state index in [1.54, 1.807) is 0 Å². The van der Waals surface area contributed by atoms with Crippen molar-refractivity contribution >= 4 is 40.6 Å². The molecule has 0 N–H and O–H groups in total. The average molecular weight is 1170 g/mol. The topological polar surface area (TPSA) is 132 Å². The molecule has 0 aromatic heterocycles. The minimum absolute atomic E-state index is 0.173. The van der Waals surface area contributed by atoms with Gasteiger partial charge in [-0.1, -0.05) is 248 Å². The fourth-order valence-electron chi connectivity index (χ4n) is 12.2. The Bertz CT molecular complexity index is 4490. The molecule has 5 aliphatic rings. The van der Waals surface area contributed by atoms with Crippen LogP contribution in [0, 0.1) is 34.6 Å². The lowest BCUT2D eigenvalue weighted by atomic mass is 9.89. The zero-order valence-electron chi connectivity index (χ0n) is 49.7. The molecular formula is C79H62O10. The maximum Gasteiger partial charge on any atom is 0.323 e. The van der Waals surface area contributed by atoms with E-state index in [-0.39, 0.29) is 59.4 Å². The van der Waals surface area contributed by atoms with Crippen LogP contribution in [0.15, 0.2) is 255 Å². The van der Waals surface area contributed by atoms with Crippen LogP contribution >= 0.6 is 0 Å². The van der Waals surface area contributed by atoms with E-state index in [2.05, 4.69) is 18.2 Å². The molecule has 11 aromatic rings. The van der Waals surface area contributed by atoms with Gasteiger partial charge in [0.05, 0.1) is 0 Å². The van der Waals surface area contributed by atoms with Gasteiger partial charge in [-0.3, -0.25) is 24.0 Å². The maximum atomic E-state index is 12.3. The number of carbonyl (C=O) groups excluding carboxylic acids is 5. The number of esters is 5. The van der Waals surface area contributed by atoms with Crippen LogP contribution in [0.2, 0.25) is 0 Å². The molecule has 0 saturated heterocycles. The van der Waals surface area contributed by atoms with Crippen molar-refractivity contribution in [1.82, 2.24) is 0 Å². The normalized spacial score (nSPS) is 17.5. The van der Waals surface area contributed by atoms with Crippen LogP contribution in [0.5, 0.6) is 28.7 Å². The molecule has 0 saturated carbocycles. The number of fused-ring (bicyclic) bond motifs is 6. The van der Waals surface area contributed by atoms with Gasteiger partial charge in [0.25, 0.3) is 0 Å². The fourth-order valence-corrected chi connectivity index (χ4v) is 12.2. The molecule has 5 heterocycles. The Labute approximate surface area is 516 Å². The molecule has 16 rings (SSSR count). The van der Waals surface area contributed by atoms with Gasteiger partial charge in [-0.05, 0) is 108 Å². The third-order valence-electron chi connectivity index (χ3n) is 16.6. The number of para-hydroxylation sites is 5. The molecule has 89 heavy (non-hydrogen) atoms. The second-order valence-corrected chi connectivity index (χ2v) is 22.5. The zero-order chi connectivity index (χ0) is 61.7. The second kappa shape index (κ2) is 25.5. The van der Waals surface area contributed by atoms with Gasteiger partial charge >= 0.3 is 29.8 Å². The van der Waals surface area contributed by atoms with Gasteiger partial charge in [-0.2, -0.15) is 0 Å². The molecule has 5 unspecified atom stereocenters. The molecule has 5 aliphatic heterocycles. The van der Waals surface area contributed by atoms with Crippen molar-refractivity contribution in [2.75, 3.05) is 0 Å². The van der Waals surface area contributed by atoms with Gasteiger partial charge in [0.2, 0.25) is 0 Å². The Morgan fingerprint density at radius 1 is 0.236 bits per heavy atom. The molecule has 0 spiro atoms. The average Bonchev–Trinajstić information content (AvgIpc) is 2.07. The van der Waals surface area contributed by atoms with Crippen molar-refractivity contribution in [3.63, 3.8) is 0 Å². The SMILES string of the molecule is Cc1ccc(C2C(=O)Oc3c(C)cccc32)cc1.Cc1cccc2c1OC(=O)C2c1ccccc1.Cc1ccccc1C1C(=O)Oc2c(C)cccc21.O=C1Oc2ccccc2C1c1cccc2ccccc12.O=C1Oc2ccccc2C1c1ccccc1. The number of aryl methyl sites for hydroxylation is 5. The van der Waals surface area contributed by atoms with Gasteiger partial charge in [0, 0.05) is 27.8 Å². The lowest BCUT2D eigenvalue weighted by Crippen LogP contribution is -2.12. The first-order chi connectivity index (χ1) is 43.3. The number of carbonyl (C=O) groups is 5. The highest BCUT2D eigenvalue weighted by atomic mass is 16.6. The van der Waals surface area contributed by atoms with Gasteiger partial charge in [0.1, 0.15) is 58.3 Å². The molecule has 10 nitrogen and oxygen atoms in total. The minimum atomic E-state index is -0.322. The van der Waals surface area contributed by atoms with Gasteiger partial charge in [-0.25, -0.2) is 0 Å². The van der Waals surface area contributed by atoms with E-state index >= 15 is 0 Å². The van der Waals surface area contributed by atoms with E-state index in [1.807, 2.05) is 271 Å². The van der Waals surface area contributed by atoms with Crippen molar-refractivity contribution < 1.29 is 47.7 Å². The van der Waals surface area contributed by atoms with Crippen LogP contribution < -0.4 is 23.7 Å². The van der Waals surface area contributed by atoms with E-state index in [4.69, 9.17) is 23.7 Å². The molecule has 0 fully saturated rings. The summed E-state index contributed by atoms with van der Waals surface area (Å²) in [6.07, 6.45) is 0. The molecule has 0 amide bonds. The van der Waals surface area contributed by atoms with Crippen molar-refractivity contribution in [3.8, 4) is 28.7 Å². The highest BCUT2D eigenvalue weighted by Gasteiger charge is 2.39. The summed E-state index contributed by atoms with van der Waals surface area (Å²) in [4.78, 5) is 60.2. The van der Waals surface area contributed by atoms with E-state index in [0.717, 1.165) is 106 Å². The quantitative estimate of drug-likeness (QED) is 0.121. The molecule has 0 radical (unpaired) electrons. The van der Waals surface area contributed by atoms with Crippen molar-refractivity contribution in [3.05, 3.63) is 338 Å². The van der Waals surface area contributed by atoms with E-state index < -0.39 is 0 Å². The Morgan fingerprint density at radius 3 is 1.07 bits per heavy atom. The summed E-state index contributed by atoms with van der Waals surface area (Å²) in [7, 11) is 0. The summed E-state index contributed by atoms with van der Waals surface area (Å²) >= 11 is 0. The summed E-state index contributed by atoms with van der Waals surface area (Å²) in [5, 5.41) is 2.25. The van der Waals surface area contributed by atoms with E-state index in [1.165, 1.54) is 5.56 Å². The maximum absolute atomic E-state index is 12.3. The molecule has 10 heteroatoms. The van der Waals surface area contributed by atoms with Crippen LogP contribution in [0.1, 0.15) is 113 Å². The predicted octanol–water partition coefficient (Wildman–Crippen LogP) is 16.4. The molecule has 11 aromatic carbocycles. The van der Waals surface area contributed by atoms with E-state index in [9.17, 15) is 24.0 Å². The van der Waals surface area contributed by atoms with E-state index in [0.29, 0.717) is 11.5 Å².